The predicted octanol–water partition coefficient (Wildman–Crippen LogP) is 2.89. The van der Waals surface area contributed by atoms with Gasteiger partial charge in [0.25, 0.3) is 0 Å². The normalized spacial score (nSPS) is 11.1. The van der Waals surface area contributed by atoms with Gasteiger partial charge in [-0.1, -0.05) is 0 Å². The number of halogens is 6. The van der Waals surface area contributed by atoms with Gasteiger partial charge in [0.1, 0.15) is 5.82 Å². The van der Waals surface area contributed by atoms with E-state index in [0.29, 0.717) is 19.4 Å². The zero-order chi connectivity index (χ0) is 27.7. The quantitative estimate of drug-likeness (QED) is 0.446. The highest BCUT2D eigenvalue weighted by atomic mass is 19.4. The highest BCUT2D eigenvalue weighted by Crippen LogP contribution is 2.14. The Morgan fingerprint density at radius 3 is 1.74 bits per heavy atom. The minimum Gasteiger partial charge on any atom is -0.475 e. The zero-order valence-electron chi connectivity index (χ0n) is 19.3. The molecule has 16 heteroatoms. The van der Waals surface area contributed by atoms with Crippen LogP contribution in [0.25, 0.3) is 0 Å². The Morgan fingerprint density at radius 2 is 1.43 bits per heavy atom. The molecule has 0 spiro atoms. The summed E-state index contributed by atoms with van der Waals surface area (Å²) in [6.07, 6.45) is -9.08. The van der Waals surface area contributed by atoms with Crippen LogP contribution in [-0.4, -0.2) is 60.2 Å². The number of carbonyl (C=O) groups is 3. The van der Waals surface area contributed by atoms with E-state index >= 15 is 0 Å². The van der Waals surface area contributed by atoms with Crippen LogP contribution in [0.15, 0.2) is 0 Å². The summed E-state index contributed by atoms with van der Waals surface area (Å²) in [5, 5.41) is 24.3. The molecule has 0 unspecified atom stereocenters. The van der Waals surface area contributed by atoms with Crippen LogP contribution >= 0.6 is 0 Å². The van der Waals surface area contributed by atoms with Gasteiger partial charge in [-0.3, -0.25) is 9.89 Å². The Kier molecular flexibility index (Phi) is 11.4. The monoisotopic (exact) mass is 517 g/mol. The minimum atomic E-state index is -5.08. The number of amides is 1. The Labute approximate surface area is 195 Å². The first-order chi connectivity index (χ1) is 15.8. The summed E-state index contributed by atoms with van der Waals surface area (Å²) < 4.78 is 65.5. The third kappa shape index (κ3) is 10.9. The second kappa shape index (κ2) is 12.8. The summed E-state index contributed by atoms with van der Waals surface area (Å²) in [6, 6.07) is 0. The number of H-pyrrole nitrogens is 1. The number of alkyl halides is 6. The number of nitrogens with zero attached hydrogens (tertiary/aromatic N) is 3. The van der Waals surface area contributed by atoms with E-state index in [1.165, 1.54) is 0 Å². The lowest BCUT2D eigenvalue weighted by molar-refractivity contribution is -0.193. The van der Waals surface area contributed by atoms with Crippen LogP contribution in [-0.2, 0) is 34.4 Å². The van der Waals surface area contributed by atoms with Crippen molar-refractivity contribution in [3.05, 3.63) is 34.2 Å². The maximum Gasteiger partial charge on any atom is 0.490 e. The summed E-state index contributed by atoms with van der Waals surface area (Å²) in [5.41, 5.74) is 5.29. The topological polar surface area (TPSA) is 150 Å². The van der Waals surface area contributed by atoms with Crippen LogP contribution in [0.5, 0.6) is 0 Å². The lowest BCUT2D eigenvalue weighted by Crippen LogP contribution is -2.24. The van der Waals surface area contributed by atoms with E-state index in [4.69, 9.17) is 19.8 Å². The molecule has 2 rings (SSSR count). The largest absolute Gasteiger partial charge is 0.490 e. The molecule has 35 heavy (non-hydrogen) atoms. The number of nitrogens with one attached hydrogen (secondary N) is 2. The van der Waals surface area contributed by atoms with Crippen LogP contribution in [0.2, 0.25) is 0 Å². The van der Waals surface area contributed by atoms with Gasteiger partial charge in [0.2, 0.25) is 5.91 Å². The van der Waals surface area contributed by atoms with Crippen molar-refractivity contribution in [3.63, 3.8) is 0 Å². The summed E-state index contributed by atoms with van der Waals surface area (Å²) in [5.74, 6) is -4.61. The van der Waals surface area contributed by atoms with Crippen LogP contribution < -0.4 is 5.32 Å². The van der Waals surface area contributed by atoms with E-state index in [9.17, 15) is 31.1 Å². The van der Waals surface area contributed by atoms with Gasteiger partial charge < -0.3 is 20.1 Å². The van der Waals surface area contributed by atoms with E-state index in [1.807, 2.05) is 39.3 Å². The Hall–Kier alpha value is -3.59. The molecule has 1 amide bonds. The van der Waals surface area contributed by atoms with Crippen molar-refractivity contribution in [1.82, 2.24) is 25.1 Å². The number of carbonyl (C=O) groups excluding carboxylic acids is 1. The van der Waals surface area contributed by atoms with E-state index in [1.54, 1.807) is 0 Å². The molecule has 0 atom stereocenters. The van der Waals surface area contributed by atoms with Gasteiger partial charge in [-0.15, -0.1) is 0 Å². The first-order valence-corrected chi connectivity index (χ1v) is 9.65. The predicted molar refractivity (Wildman–Crippen MR) is 108 cm³/mol. The van der Waals surface area contributed by atoms with Crippen molar-refractivity contribution < 1.29 is 50.9 Å². The molecule has 2 aromatic rings. The van der Waals surface area contributed by atoms with Crippen molar-refractivity contribution in [1.29, 1.82) is 0 Å². The van der Waals surface area contributed by atoms with Gasteiger partial charge in [-0.05, 0) is 33.3 Å². The third-order valence-electron chi connectivity index (χ3n) is 4.58. The summed E-state index contributed by atoms with van der Waals surface area (Å²) >= 11 is 0. The second-order valence-electron chi connectivity index (χ2n) is 7.06. The zero-order valence-corrected chi connectivity index (χ0v) is 19.3. The number of carboxylic acid groups (broad SMARTS) is 2. The maximum absolute atomic E-state index is 11.9. The molecule has 0 aliphatic heterocycles. The summed E-state index contributed by atoms with van der Waals surface area (Å²) in [4.78, 5) is 34.2. The number of carboxylic acids is 2. The van der Waals surface area contributed by atoms with E-state index in [0.717, 1.165) is 34.2 Å². The summed E-state index contributed by atoms with van der Waals surface area (Å²) in [6.45, 7) is 8.46. The minimum absolute atomic E-state index is 0.0216. The number of aromatic nitrogens is 4. The number of imidazole rings is 1. The molecule has 2 aromatic heterocycles. The number of rotatable bonds is 5. The van der Waals surface area contributed by atoms with Crippen molar-refractivity contribution >= 4 is 17.8 Å². The molecule has 0 fully saturated rings. The molecule has 0 radical (unpaired) electrons. The maximum atomic E-state index is 11.9. The Bertz CT molecular complexity index is 1000. The molecule has 2 heterocycles. The van der Waals surface area contributed by atoms with Crippen molar-refractivity contribution in [2.45, 2.75) is 59.4 Å². The molecule has 10 nitrogen and oxygen atoms in total. The van der Waals surface area contributed by atoms with Gasteiger partial charge in [-0.2, -0.15) is 31.4 Å². The van der Waals surface area contributed by atoms with Gasteiger partial charge >= 0.3 is 24.3 Å². The number of aliphatic carboxylic acids is 2. The van der Waals surface area contributed by atoms with Gasteiger partial charge in [-0.25, -0.2) is 14.6 Å². The molecule has 0 saturated heterocycles. The fourth-order valence-electron chi connectivity index (χ4n) is 2.22. The van der Waals surface area contributed by atoms with E-state index in [2.05, 4.69) is 20.5 Å². The summed E-state index contributed by atoms with van der Waals surface area (Å²) in [7, 11) is 1.96. The van der Waals surface area contributed by atoms with Gasteiger partial charge in [0.15, 0.2) is 0 Å². The smallest absolute Gasteiger partial charge is 0.475 e. The first-order valence-electron chi connectivity index (χ1n) is 9.65. The number of aryl methyl sites for hydroxylation is 3. The van der Waals surface area contributed by atoms with Crippen molar-refractivity contribution in [2.24, 2.45) is 7.05 Å². The van der Waals surface area contributed by atoms with Crippen LogP contribution in [0.4, 0.5) is 26.3 Å². The standard InChI is InChI=1S/C15H23N5O.2C2HF3O2/c1-9-10(2)18-19-13(9)6-7-15(21)16-8-14-17-11(3)12(4)20(14)5;2*3-2(4,5)1(6)7/h6-8H2,1-5H3,(H,16,21)(H,18,19);2*(H,6,7). The molecule has 0 saturated carbocycles. The van der Waals surface area contributed by atoms with Crippen LogP contribution in [0.3, 0.4) is 0 Å². The molecular formula is C19H25F6N5O5. The molecular weight excluding hydrogens is 492 g/mol. The molecule has 0 aliphatic rings. The molecule has 0 aliphatic carbocycles. The Balaban J connectivity index is 0.000000680. The Morgan fingerprint density at radius 1 is 0.971 bits per heavy atom. The third-order valence-corrected chi connectivity index (χ3v) is 4.58. The molecule has 198 valence electrons. The number of hydrogen-bond donors (Lipinski definition) is 4. The van der Waals surface area contributed by atoms with Gasteiger partial charge in [0, 0.05) is 31.3 Å². The fourth-order valence-corrected chi connectivity index (χ4v) is 2.22. The molecule has 0 aromatic carbocycles. The van der Waals surface area contributed by atoms with Crippen LogP contribution in [0, 0.1) is 27.7 Å². The molecule has 0 bridgehead atoms. The average molecular weight is 517 g/mol. The second-order valence-corrected chi connectivity index (χ2v) is 7.06. The first kappa shape index (κ1) is 31.4. The van der Waals surface area contributed by atoms with Crippen molar-refractivity contribution in [3.8, 4) is 0 Å². The lowest BCUT2D eigenvalue weighted by Gasteiger charge is -2.06. The van der Waals surface area contributed by atoms with Crippen LogP contribution in [0.1, 0.15) is 40.6 Å². The number of hydrogen-bond acceptors (Lipinski definition) is 5. The van der Waals surface area contributed by atoms with E-state index in [-0.39, 0.29) is 5.91 Å². The fraction of sp³-hybridized carbons (Fsp3) is 0.526. The highest BCUT2D eigenvalue weighted by Gasteiger charge is 2.38. The highest BCUT2D eigenvalue weighted by molar-refractivity contribution is 5.76. The van der Waals surface area contributed by atoms with Crippen molar-refractivity contribution in [2.75, 3.05) is 0 Å². The average Bonchev–Trinajstić information content (AvgIpc) is 3.17. The SMILES string of the molecule is Cc1nc(CNC(=O)CCc2n[nH]c(C)c2C)n(C)c1C.O=C(O)C(F)(F)F.O=C(O)C(F)(F)F. The van der Waals surface area contributed by atoms with Gasteiger partial charge in [0.05, 0.1) is 17.9 Å². The lowest BCUT2D eigenvalue weighted by atomic mass is 10.1. The number of aromatic amines is 1. The molecule has 4 N–H and O–H groups in total. The van der Waals surface area contributed by atoms with E-state index < -0.39 is 24.3 Å².